The van der Waals surface area contributed by atoms with Gasteiger partial charge in [-0.1, -0.05) is 42.0 Å². The SMILES string of the molecule is Cc1ccc(S(=O)(=O)N(CCc2ccc(-n3nc(C)c(-c4cccc(F)c4)c3C)cc2)C(=O)O)cc1. The van der Waals surface area contributed by atoms with E-state index >= 15 is 0 Å². The Morgan fingerprint density at radius 1 is 1.00 bits per heavy atom. The van der Waals surface area contributed by atoms with Gasteiger partial charge in [0, 0.05) is 17.8 Å². The molecular weight excluding hydrogens is 481 g/mol. The summed E-state index contributed by atoms with van der Waals surface area (Å²) >= 11 is 0. The van der Waals surface area contributed by atoms with Crippen LogP contribution >= 0.6 is 0 Å². The summed E-state index contributed by atoms with van der Waals surface area (Å²) in [6.45, 7) is 5.39. The zero-order valence-electron chi connectivity index (χ0n) is 20.1. The fraction of sp³-hybridized carbons (Fsp3) is 0.185. The number of hydrogen-bond acceptors (Lipinski definition) is 4. The van der Waals surface area contributed by atoms with E-state index in [9.17, 15) is 22.7 Å². The lowest BCUT2D eigenvalue weighted by Gasteiger charge is -2.19. The fourth-order valence-electron chi connectivity index (χ4n) is 4.15. The maximum Gasteiger partial charge on any atom is 0.421 e. The molecule has 0 unspecified atom stereocenters. The molecule has 0 aliphatic rings. The maximum atomic E-state index is 13.8. The lowest BCUT2D eigenvalue weighted by molar-refractivity contribution is 0.172. The van der Waals surface area contributed by atoms with Crippen LogP contribution in [0.3, 0.4) is 0 Å². The summed E-state index contributed by atoms with van der Waals surface area (Å²) in [4.78, 5) is 11.7. The van der Waals surface area contributed by atoms with E-state index in [1.54, 1.807) is 22.9 Å². The van der Waals surface area contributed by atoms with E-state index in [0.717, 1.165) is 39.3 Å². The van der Waals surface area contributed by atoms with Crippen LogP contribution in [0, 0.1) is 26.6 Å². The lowest BCUT2D eigenvalue weighted by Crippen LogP contribution is -2.37. The Balaban J connectivity index is 1.53. The van der Waals surface area contributed by atoms with E-state index in [1.807, 2.05) is 51.1 Å². The molecule has 36 heavy (non-hydrogen) atoms. The van der Waals surface area contributed by atoms with Crippen LogP contribution in [0.25, 0.3) is 16.8 Å². The van der Waals surface area contributed by atoms with Crippen LogP contribution in [0.4, 0.5) is 9.18 Å². The molecule has 1 amide bonds. The molecular formula is C27H26FN3O4S. The van der Waals surface area contributed by atoms with Gasteiger partial charge in [0.05, 0.1) is 16.3 Å². The molecule has 0 aliphatic heterocycles. The van der Waals surface area contributed by atoms with Crippen LogP contribution < -0.4 is 0 Å². The van der Waals surface area contributed by atoms with Gasteiger partial charge in [0.25, 0.3) is 10.0 Å². The van der Waals surface area contributed by atoms with Gasteiger partial charge in [-0.15, -0.1) is 0 Å². The molecule has 4 rings (SSSR count). The minimum atomic E-state index is -4.18. The molecule has 7 nitrogen and oxygen atoms in total. The van der Waals surface area contributed by atoms with Crippen LogP contribution in [0.5, 0.6) is 0 Å². The van der Waals surface area contributed by atoms with Gasteiger partial charge in [0.2, 0.25) is 0 Å². The molecule has 3 aromatic carbocycles. The van der Waals surface area contributed by atoms with Gasteiger partial charge in [-0.25, -0.2) is 26.6 Å². The molecule has 9 heteroatoms. The van der Waals surface area contributed by atoms with Gasteiger partial charge < -0.3 is 5.11 Å². The Hall–Kier alpha value is -3.98. The minimum absolute atomic E-state index is 0.0653. The molecule has 1 aromatic heterocycles. The lowest BCUT2D eigenvalue weighted by atomic mass is 10.0. The standard InChI is InChI=1S/C27H26FN3O4S/c1-18-7-13-25(14-8-18)36(34,35)30(27(32)33)16-15-21-9-11-24(12-10-21)31-20(3)26(19(2)29-31)22-5-4-6-23(28)17-22/h4-14,17H,15-16H2,1-3H3,(H,32,33). The topological polar surface area (TPSA) is 92.5 Å². The molecule has 0 atom stereocenters. The second-order valence-corrected chi connectivity index (χ2v) is 10.4. The number of carboxylic acid groups (broad SMARTS) is 1. The smallest absolute Gasteiger partial charge is 0.421 e. The number of nitrogens with zero attached hydrogens (tertiary/aromatic N) is 3. The maximum absolute atomic E-state index is 13.8. The number of rotatable bonds is 7. The highest BCUT2D eigenvalue weighted by Crippen LogP contribution is 2.29. The van der Waals surface area contributed by atoms with Crippen LogP contribution in [-0.4, -0.2) is 40.2 Å². The van der Waals surface area contributed by atoms with E-state index in [2.05, 4.69) is 5.10 Å². The zero-order valence-corrected chi connectivity index (χ0v) is 21.0. The molecule has 0 spiro atoms. The summed E-state index contributed by atoms with van der Waals surface area (Å²) in [6.07, 6.45) is -1.32. The first-order chi connectivity index (χ1) is 17.1. The van der Waals surface area contributed by atoms with Crippen LogP contribution in [0.2, 0.25) is 0 Å². The molecule has 4 aromatic rings. The van der Waals surface area contributed by atoms with Gasteiger partial charge in [0.15, 0.2) is 0 Å². The number of aromatic nitrogens is 2. The van der Waals surface area contributed by atoms with Crippen molar-refractivity contribution < 1.29 is 22.7 Å². The van der Waals surface area contributed by atoms with Crippen molar-refractivity contribution in [3.8, 4) is 16.8 Å². The van der Waals surface area contributed by atoms with Crippen molar-refractivity contribution in [3.63, 3.8) is 0 Å². The largest absolute Gasteiger partial charge is 0.464 e. The van der Waals surface area contributed by atoms with E-state index in [-0.39, 0.29) is 23.7 Å². The van der Waals surface area contributed by atoms with Crippen molar-refractivity contribution in [3.05, 3.63) is 101 Å². The van der Waals surface area contributed by atoms with Gasteiger partial charge >= 0.3 is 6.09 Å². The quantitative estimate of drug-likeness (QED) is 0.356. The molecule has 0 saturated carbocycles. The molecule has 1 N–H and O–H groups in total. The van der Waals surface area contributed by atoms with Crippen LogP contribution in [0.1, 0.15) is 22.5 Å². The van der Waals surface area contributed by atoms with Crippen molar-refractivity contribution >= 4 is 16.1 Å². The summed E-state index contributed by atoms with van der Waals surface area (Å²) in [6, 6.07) is 19.7. The fourth-order valence-corrected chi connectivity index (χ4v) is 5.42. The summed E-state index contributed by atoms with van der Waals surface area (Å²) < 4.78 is 41.7. The van der Waals surface area contributed by atoms with Crippen LogP contribution in [-0.2, 0) is 16.4 Å². The second kappa shape index (κ2) is 9.94. The Morgan fingerprint density at radius 3 is 2.28 bits per heavy atom. The van der Waals surface area contributed by atoms with Crippen molar-refractivity contribution in [2.45, 2.75) is 32.1 Å². The number of amides is 1. The average Bonchev–Trinajstić information content (AvgIpc) is 3.13. The summed E-state index contributed by atoms with van der Waals surface area (Å²) in [5, 5.41) is 14.2. The second-order valence-electron chi connectivity index (χ2n) is 8.56. The predicted molar refractivity (Wildman–Crippen MR) is 135 cm³/mol. The van der Waals surface area contributed by atoms with Crippen molar-refractivity contribution in [2.75, 3.05) is 6.54 Å². The molecule has 1 heterocycles. The minimum Gasteiger partial charge on any atom is -0.464 e. The van der Waals surface area contributed by atoms with E-state index < -0.39 is 16.1 Å². The number of aryl methyl sites for hydroxylation is 2. The Kier molecular flexibility index (Phi) is 6.94. The number of carbonyl (C=O) groups is 1. The highest BCUT2D eigenvalue weighted by molar-refractivity contribution is 7.89. The summed E-state index contributed by atoms with van der Waals surface area (Å²) in [7, 11) is -4.18. The van der Waals surface area contributed by atoms with Crippen molar-refractivity contribution in [2.24, 2.45) is 0 Å². The average molecular weight is 508 g/mol. The van der Waals surface area contributed by atoms with Gasteiger partial charge in [-0.2, -0.15) is 5.10 Å². The third-order valence-electron chi connectivity index (χ3n) is 6.01. The van der Waals surface area contributed by atoms with Crippen molar-refractivity contribution in [1.29, 1.82) is 0 Å². The monoisotopic (exact) mass is 507 g/mol. The number of sulfonamides is 1. The van der Waals surface area contributed by atoms with Crippen molar-refractivity contribution in [1.82, 2.24) is 14.1 Å². The molecule has 0 fully saturated rings. The first-order valence-corrected chi connectivity index (χ1v) is 12.8. The van der Waals surface area contributed by atoms with E-state index in [1.165, 1.54) is 24.3 Å². The molecule has 0 radical (unpaired) electrons. The van der Waals surface area contributed by atoms with Gasteiger partial charge in [0.1, 0.15) is 5.82 Å². The van der Waals surface area contributed by atoms with Gasteiger partial charge in [-0.05, 0) is 74.7 Å². The molecule has 0 saturated heterocycles. The predicted octanol–water partition coefficient (Wildman–Crippen LogP) is 5.52. The van der Waals surface area contributed by atoms with E-state index in [0.29, 0.717) is 4.31 Å². The molecule has 186 valence electrons. The van der Waals surface area contributed by atoms with E-state index in [4.69, 9.17) is 0 Å². The molecule has 0 bridgehead atoms. The number of halogens is 1. The highest BCUT2D eigenvalue weighted by atomic mass is 32.2. The van der Waals surface area contributed by atoms with Crippen LogP contribution in [0.15, 0.2) is 77.7 Å². The normalized spacial score (nSPS) is 11.4. The zero-order chi connectivity index (χ0) is 26.0. The Morgan fingerprint density at radius 2 is 1.67 bits per heavy atom. The highest BCUT2D eigenvalue weighted by Gasteiger charge is 2.28. The summed E-state index contributed by atoms with van der Waals surface area (Å²) in [5.41, 5.74) is 5.66. The molecule has 0 aliphatic carbocycles. The Bertz CT molecular complexity index is 1510. The number of hydrogen-bond donors (Lipinski definition) is 1. The third kappa shape index (κ3) is 5.01. The first-order valence-electron chi connectivity index (χ1n) is 11.3. The number of benzene rings is 3. The Labute approximate surface area is 209 Å². The van der Waals surface area contributed by atoms with Gasteiger partial charge in [-0.3, -0.25) is 0 Å². The summed E-state index contributed by atoms with van der Waals surface area (Å²) in [5.74, 6) is -0.316. The third-order valence-corrected chi connectivity index (χ3v) is 7.80. The first kappa shape index (κ1) is 25.1.